The van der Waals surface area contributed by atoms with Crippen LogP contribution in [0.1, 0.15) is 72.6 Å². The summed E-state index contributed by atoms with van der Waals surface area (Å²) in [5.41, 5.74) is -0.331. The van der Waals surface area contributed by atoms with Gasteiger partial charge in [-0.1, -0.05) is 0 Å². The van der Waals surface area contributed by atoms with Gasteiger partial charge in [0.2, 0.25) is 5.91 Å². The minimum absolute atomic E-state index is 0.171. The molecule has 0 radical (unpaired) electrons. The van der Waals surface area contributed by atoms with Gasteiger partial charge >= 0.3 is 0 Å². The van der Waals surface area contributed by atoms with Crippen LogP contribution in [0.3, 0.4) is 0 Å². The Morgan fingerprint density at radius 3 is 1.63 bits per heavy atom. The minimum atomic E-state index is -0.791. The highest BCUT2D eigenvalue weighted by molar-refractivity contribution is 5.77. The van der Waals surface area contributed by atoms with E-state index in [0.717, 1.165) is 51.9 Å². The van der Waals surface area contributed by atoms with Crippen molar-refractivity contribution in [3.8, 4) is 0 Å². The Hall–Kier alpha value is -0.650. The van der Waals surface area contributed by atoms with E-state index in [4.69, 9.17) is 0 Å². The molecule has 3 heterocycles. The van der Waals surface area contributed by atoms with Gasteiger partial charge in [0, 0.05) is 38.3 Å². The smallest absolute Gasteiger partial charge is 0.225 e. The zero-order chi connectivity index (χ0) is 19.7. The molecule has 0 aromatic carbocycles. The van der Waals surface area contributed by atoms with Crippen molar-refractivity contribution in [3.63, 3.8) is 0 Å². The summed E-state index contributed by atoms with van der Waals surface area (Å²) in [4.78, 5) is 19.9. The number of hydrogen-bond donors (Lipinski definition) is 1. The van der Waals surface area contributed by atoms with Crippen LogP contribution in [0.25, 0.3) is 0 Å². The van der Waals surface area contributed by atoms with Crippen LogP contribution in [-0.2, 0) is 4.79 Å². The molecule has 1 amide bonds. The van der Waals surface area contributed by atoms with Gasteiger partial charge in [-0.05, 0) is 84.7 Å². The first-order chi connectivity index (χ1) is 12.7. The van der Waals surface area contributed by atoms with Gasteiger partial charge in [0.25, 0.3) is 0 Å². The van der Waals surface area contributed by atoms with Crippen molar-refractivity contribution in [1.82, 2.24) is 14.7 Å². The third-order valence-corrected chi connectivity index (χ3v) is 7.71. The fourth-order valence-corrected chi connectivity index (χ4v) is 5.27. The molecule has 0 atom stereocenters. The van der Waals surface area contributed by atoms with Crippen LogP contribution >= 0.6 is 0 Å². The van der Waals surface area contributed by atoms with E-state index < -0.39 is 5.60 Å². The molecule has 0 saturated carbocycles. The predicted octanol–water partition coefficient (Wildman–Crippen LogP) is 2.72. The van der Waals surface area contributed by atoms with E-state index in [1.807, 2.05) is 4.90 Å². The van der Waals surface area contributed by atoms with Crippen molar-refractivity contribution in [2.75, 3.05) is 39.3 Å². The molecular weight excluding hydrogens is 338 g/mol. The maximum absolute atomic E-state index is 12.8. The number of aliphatic hydroxyl groups is 1. The molecule has 5 nitrogen and oxygen atoms in total. The van der Waals surface area contributed by atoms with Crippen molar-refractivity contribution < 1.29 is 9.90 Å². The van der Waals surface area contributed by atoms with Crippen molar-refractivity contribution in [2.45, 2.75) is 90.3 Å². The lowest BCUT2D eigenvalue weighted by Crippen LogP contribution is -2.52. The van der Waals surface area contributed by atoms with E-state index in [0.29, 0.717) is 23.9 Å². The van der Waals surface area contributed by atoms with Crippen molar-refractivity contribution >= 4 is 5.91 Å². The van der Waals surface area contributed by atoms with Gasteiger partial charge in [0.05, 0.1) is 12.0 Å². The van der Waals surface area contributed by atoms with Crippen LogP contribution in [0.4, 0.5) is 0 Å². The first-order valence-corrected chi connectivity index (χ1v) is 11.2. The number of carbonyl (C=O) groups excluding carboxylic acids is 1. The average molecular weight is 380 g/mol. The average Bonchev–Trinajstić information content (AvgIpc) is 2.62. The molecule has 3 rings (SSSR count). The summed E-state index contributed by atoms with van der Waals surface area (Å²) in [6.07, 6.45) is 6.60. The Kier molecular flexibility index (Phi) is 6.54. The molecule has 156 valence electrons. The summed E-state index contributed by atoms with van der Waals surface area (Å²) < 4.78 is 0. The third-order valence-electron chi connectivity index (χ3n) is 7.71. The number of piperidine rings is 3. The minimum Gasteiger partial charge on any atom is -0.389 e. The number of hydrogen-bond acceptors (Lipinski definition) is 4. The lowest BCUT2D eigenvalue weighted by Gasteiger charge is -2.48. The van der Waals surface area contributed by atoms with Gasteiger partial charge in [0.15, 0.2) is 0 Å². The van der Waals surface area contributed by atoms with E-state index >= 15 is 0 Å². The second-order valence-corrected chi connectivity index (χ2v) is 10.0. The molecule has 3 aliphatic rings. The SMILES string of the molecule is CC(C)N1CCC(O)(CC(=O)N2CCC3(CC2)CCN(C(C)C)CC3)CC1. The van der Waals surface area contributed by atoms with E-state index in [9.17, 15) is 9.90 Å². The van der Waals surface area contributed by atoms with Crippen molar-refractivity contribution in [3.05, 3.63) is 0 Å². The summed E-state index contributed by atoms with van der Waals surface area (Å²) in [6, 6.07) is 1.16. The second kappa shape index (κ2) is 8.38. The lowest BCUT2D eigenvalue weighted by atomic mass is 9.71. The Labute approximate surface area is 166 Å². The Morgan fingerprint density at radius 1 is 0.778 bits per heavy atom. The van der Waals surface area contributed by atoms with Gasteiger partial charge in [0.1, 0.15) is 0 Å². The molecular formula is C22H41N3O2. The molecule has 0 aromatic heterocycles. The number of carbonyl (C=O) groups is 1. The molecule has 3 aliphatic heterocycles. The molecule has 0 unspecified atom stereocenters. The van der Waals surface area contributed by atoms with E-state index in [1.165, 1.54) is 25.9 Å². The van der Waals surface area contributed by atoms with Gasteiger partial charge in [-0.3, -0.25) is 4.79 Å². The monoisotopic (exact) mass is 379 g/mol. The predicted molar refractivity (Wildman–Crippen MR) is 110 cm³/mol. The topological polar surface area (TPSA) is 47.0 Å². The first kappa shape index (κ1) is 21.1. The highest BCUT2D eigenvalue weighted by Gasteiger charge is 2.41. The summed E-state index contributed by atoms with van der Waals surface area (Å²) in [7, 11) is 0. The van der Waals surface area contributed by atoms with E-state index in [1.54, 1.807) is 0 Å². The molecule has 27 heavy (non-hydrogen) atoms. The standard InChI is InChI=1S/C22H41N3O2/c1-18(2)23-11-5-21(6-12-23)7-13-25(14-8-21)20(26)17-22(27)9-15-24(16-10-22)19(3)4/h18-19,27H,5-17H2,1-4H3. The van der Waals surface area contributed by atoms with Gasteiger partial charge < -0.3 is 19.8 Å². The number of amides is 1. The van der Waals surface area contributed by atoms with Crippen LogP contribution in [0.2, 0.25) is 0 Å². The van der Waals surface area contributed by atoms with Crippen LogP contribution in [0.15, 0.2) is 0 Å². The van der Waals surface area contributed by atoms with Crippen LogP contribution < -0.4 is 0 Å². The zero-order valence-corrected chi connectivity index (χ0v) is 18.0. The van der Waals surface area contributed by atoms with Crippen molar-refractivity contribution in [2.24, 2.45) is 5.41 Å². The van der Waals surface area contributed by atoms with Gasteiger partial charge in [-0.15, -0.1) is 0 Å². The molecule has 3 fully saturated rings. The highest BCUT2D eigenvalue weighted by atomic mass is 16.3. The molecule has 1 spiro atoms. The normalized spacial score (nSPS) is 26.9. The van der Waals surface area contributed by atoms with E-state index in [-0.39, 0.29) is 5.91 Å². The largest absolute Gasteiger partial charge is 0.389 e. The van der Waals surface area contributed by atoms with E-state index in [2.05, 4.69) is 37.5 Å². The number of nitrogens with zero attached hydrogens (tertiary/aromatic N) is 3. The Morgan fingerprint density at radius 2 is 1.19 bits per heavy atom. The summed E-state index contributed by atoms with van der Waals surface area (Å²) >= 11 is 0. The number of likely N-dealkylation sites (tertiary alicyclic amines) is 3. The fourth-order valence-electron chi connectivity index (χ4n) is 5.27. The van der Waals surface area contributed by atoms with Crippen LogP contribution in [0.5, 0.6) is 0 Å². The summed E-state index contributed by atoms with van der Waals surface area (Å²) in [5.74, 6) is 0.171. The van der Waals surface area contributed by atoms with Crippen molar-refractivity contribution in [1.29, 1.82) is 0 Å². The highest BCUT2D eigenvalue weighted by Crippen LogP contribution is 2.42. The Bertz CT molecular complexity index is 494. The Balaban J connectivity index is 1.45. The van der Waals surface area contributed by atoms with Crippen LogP contribution in [0, 0.1) is 5.41 Å². The molecule has 1 N–H and O–H groups in total. The fraction of sp³-hybridized carbons (Fsp3) is 0.955. The van der Waals surface area contributed by atoms with Crippen LogP contribution in [-0.4, -0.2) is 82.7 Å². The first-order valence-electron chi connectivity index (χ1n) is 11.2. The summed E-state index contributed by atoms with van der Waals surface area (Å²) in [5, 5.41) is 10.9. The quantitative estimate of drug-likeness (QED) is 0.816. The van der Waals surface area contributed by atoms with Gasteiger partial charge in [-0.25, -0.2) is 0 Å². The molecule has 3 saturated heterocycles. The second-order valence-electron chi connectivity index (χ2n) is 10.0. The van der Waals surface area contributed by atoms with Gasteiger partial charge in [-0.2, -0.15) is 0 Å². The lowest BCUT2D eigenvalue weighted by molar-refractivity contribution is -0.141. The maximum Gasteiger partial charge on any atom is 0.225 e. The molecule has 0 aliphatic carbocycles. The molecule has 0 aromatic rings. The maximum atomic E-state index is 12.8. The third kappa shape index (κ3) is 5.04. The molecule has 5 heteroatoms. The molecule has 0 bridgehead atoms. The number of rotatable bonds is 4. The summed E-state index contributed by atoms with van der Waals surface area (Å²) in [6.45, 7) is 15.0. The zero-order valence-electron chi connectivity index (χ0n) is 18.0.